The van der Waals surface area contributed by atoms with Crippen LogP contribution in [0.3, 0.4) is 0 Å². The van der Waals surface area contributed by atoms with Crippen LogP contribution in [-0.2, 0) is 20.7 Å². The second-order valence-electron chi connectivity index (χ2n) is 8.20. The van der Waals surface area contributed by atoms with Crippen molar-refractivity contribution in [3.05, 3.63) is 70.8 Å². The average molecular weight is 519 g/mol. The molecule has 2 aromatic rings. The number of hydrogen-bond donors (Lipinski definition) is 2. The Morgan fingerprint density at radius 1 is 1.06 bits per heavy atom. The molecule has 2 aliphatic rings. The van der Waals surface area contributed by atoms with E-state index in [0.29, 0.717) is 18.2 Å². The van der Waals surface area contributed by atoms with Crippen LogP contribution in [0, 0.1) is 0 Å². The zero-order valence-corrected chi connectivity index (χ0v) is 21.3. The number of carboxylic acid groups (broad SMARTS) is 2. The smallest absolute Gasteiger partial charge is 0.328 e. The maximum absolute atomic E-state index is 9.55. The Kier molecular flexibility index (Phi) is 10.6. The van der Waals surface area contributed by atoms with Crippen LogP contribution in [0.2, 0.25) is 5.02 Å². The predicted octanol–water partition coefficient (Wildman–Crippen LogP) is 4.45. The fourth-order valence-electron chi connectivity index (χ4n) is 4.20. The normalized spacial score (nSPS) is 18.2. The summed E-state index contributed by atoms with van der Waals surface area (Å²) in [6.45, 7) is 9.17. The van der Waals surface area contributed by atoms with Crippen molar-refractivity contribution in [2.45, 2.75) is 29.2 Å². The molecule has 1 fully saturated rings. The largest absolute Gasteiger partial charge is 0.478 e. The molecule has 0 bridgehead atoms. The Morgan fingerprint density at radius 3 is 2.40 bits per heavy atom. The molecule has 2 aromatic carbocycles. The van der Waals surface area contributed by atoms with Gasteiger partial charge in [-0.15, -0.1) is 0 Å². The highest BCUT2D eigenvalue weighted by Crippen LogP contribution is 2.43. The standard InChI is InChI=1S/C22H27ClN2OS.C4H4O4/c1-2-26-14-13-24-9-11-25(12-10-24)20-16-17-15-18(23)7-8-21(17)27-22-6-4-3-5-19(20)22;5-3(6)1-2-4(7)8/h3-8,15,20H,2,9-14,16H2,1H3;1-2H,(H,5,6)(H,7,8). The van der Waals surface area contributed by atoms with Crippen LogP contribution >= 0.6 is 23.4 Å². The second kappa shape index (κ2) is 13.7. The van der Waals surface area contributed by atoms with E-state index in [2.05, 4.69) is 53.1 Å². The highest BCUT2D eigenvalue weighted by Gasteiger charge is 2.29. The first kappa shape index (κ1) is 27.2. The van der Waals surface area contributed by atoms with Crippen molar-refractivity contribution in [3.63, 3.8) is 0 Å². The predicted molar refractivity (Wildman–Crippen MR) is 137 cm³/mol. The molecule has 35 heavy (non-hydrogen) atoms. The lowest BCUT2D eigenvalue weighted by atomic mass is 9.96. The van der Waals surface area contributed by atoms with E-state index in [1.807, 2.05) is 17.8 Å². The Balaban J connectivity index is 0.000000371. The van der Waals surface area contributed by atoms with Gasteiger partial charge in [-0.1, -0.05) is 41.6 Å². The van der Waals surface area contributed by atoms with Crippen molar-refractivity contribution < 1.29 is 24.5 Å². The molecule has 2 aliphatic heterocycles. The monoisotopic (exact) mass is 518 g/mol. The zero-order chi connectivity index (χ0) is 25.2. The number of carboxylic acids is 2. The molecule has 2 heterocycles. The first-order valence-electron chi connectivity index (χ1n) is 11.6. The molecule has 9 heteroatoms. The summed E-state index contributed by atoms with van der Waals surface area (Å²) in [6, 6.07) is 15.6. The molecule has 4 rings (SSSR count). The van der Waals surface area contributed by atoms with Gasteiger partial charge in [0, 0.05) is 72.3 Å². The van der Waals surface area contributed by atoms with Crippen LogP contribution in [0.25, 0.3) is 0 Å². The van der Waals surface area contributed by atoms with Crippen molar-refractivity contribution in [2.75, 3.05) is 45.9 Å². The first-order chi connectivity index (χ1) is 16.9. The zero-order valence-electron chi connectivity index (χ0n) is 19.7. The fraction of sp³-hybridized carbons (Fsp3) is 0.385. The summed E-state index contributed by atoms with van der Waals surface area (Å²) in [5, 5.41) is 16.5. The van der Waals surface area contributed by atoms with Crippen molar-refractivity contribution in [2.24, 2.45) is 0 Å². The van der Waals surface area contributed by atoms with Gasteiger partial charge in [-0.3, -0.25) is 9.80 Å². The summed E-state index contributed by atoms with van der Waals surface area (Å²) >= 11 is 8.19. The SMILES string of the molecule is CCOCCN1CCN(C2Cc3cc(Cl)ccc3Sc3ccccc32)CC1.O=C(O)C=CC(=O)O. The molecule has 1 unspecified atom stereocenters. The Bertz CT molecular complexity index is 1020. The lowest BCUT2D eigenvalue weighted by molar-refractivity contribution is -0.134. The third-order valence-electron chi connectivity index (χ3n) is 5.91. The minimum absolute atomic E-state index is 0.419. The fourth-order valence-corrected chi connectivity index (χ4v) is 5.51. The average Bonchev–Trinajstić information content (AvgIpc) is 3.00. The van der Waals surface area contributed by atoms with E-state index in [0.717, 1.165) is 57.4 Å². The lowest BCUT2D eigenvalue weighted by Gasteiger charge is -2.39. The molecule has 1 saturated heterocycles. The summed E-state index contributed by atoms with van der Waals surface area (Å²) in [6.07, 6.45) is 2.14. The quantitative estimate of drug-likeness (QED) is 0.410. The van der Waals surface area contributed by atoms with Gasteiger partial charge in [-0.25, -0.2) is 9.59 Å². The number of fused-ring (bicyclic) bond motifs is 2. The maximum atomic E-state index is 9.55. The van der Waals surface area contributed by atoms with Crippen LogP contribution in [0.5, 0.6) is 0 Å². The van der Waals surface area contributed by atoms with Crippen molar-refractivity contribution in [3.8, 4) is 0 Å². The number of hydrogen-bond acceptors (Lipinski definition) is 6. The van der Waals surface area contributed by atoms with Crippen molar-refractivity contribution in [1.29, 1.82) is 0 Å². The number of benzene rings is 2. The van der Waals surface area contributed by atoms with Crippen LogP contribution in [0.15, 0.2) is 64.4 Å². The number of rotatable bonds is 7. The number of ether oxygens (including phenoxy) is 1. The molecular weight excluding hydrogens is 488 g/mol. The Morgan fingerprint density at radius 2 is 1.74 bits per heavy atom. The van der Waals surface area contributed by atoms with Gasteiger partial charge in [0.25, 0.3) is 0 Å². The number of aliphatic carboxylic acids is 2. The van der Waals surface area contributed by atoms with Gasteiger partial charge in [0.05, 0.1) is 6.61 Å². The van der Waals surface area contributed by atoms with Crippen LogP contribution in [0.1, 0.15) is 24.1 Å². The molecule has 0 spiro atoms. The summed E-state index contributed by atoms with van der Waals surface area (Å²) in [4.78, 5) is 27.0. The summed E-state index contributed by atoms with van der Waals surface area (Å²) in [5.74, 6) is -2.51. The highest BCUT2D eigenvalue weighted by molar-refractivity contribution is 7.99. The Hall–Kier alpha value is -2.36. The van der Waals surface area contributed by atoms with E-state index < -0.39 is 11.9 Å². The third-order valence-corrected chi connectivity index (χ3v) is 7.35. The number of carbonyl (C=O) groups is 2. The topological polar surface area (TPSA) is 90.3 Å². The van der Waals surface area contributed by atoms with Crippen LogP contribution < -0.4 is 0 Å². The summed E-state index contributed by atoms with van der Waals surface area (Å²) in [7, 11) is 0. The van der Waals surface area contributed by atoms with E-state index in [4.69, 9.17) is 26.6 Å². The molecule has 188 valence electrons. The van der Waals surface area contributed by atoms with Gasteiger partial charge >= 0.3 is 11.9 Å². The second-order valence-corrected chi connectivity index (χ2v) is 9.72. The highest BCUT2D eigenvalue weighted by atomic mass is 35.5. The molecule has 2 N–H and O–H groups in total. The van der Waals surface area contributed by atoms with Gasteiger partial charge in [-0.2, -0.15) is 0 Å². The van der Waals surface area contributed by atoms with E-state index in [1.54, 1.807) is 0 Å². The van der Waals surface area contributed by atoms with Crippen molar-refractivity contribution in [1.82, 2.24) is 9.80 Å². The van der Waals surface area contributed by atoms with Gasteiger partial charge < -0.3 is 14.9 Å². The minimum atomic E-state index is -1.26. The van der Waals surface area contributed by atoms with E-state index >= 15 is 0 Å². The summed E-state index contributed by atoms with van der Waals surface area (Å²) in [5.41, 5.74) is 2.82. The van der Waals surface area contributed by atoms with E-state index in [1.165, 1.54) is 20.9 Å². The van der Waals surface area contributed by atoms with Gasteiger partial charge in [-0.05, 0) is 48.7 Å². The number of nitrogens with zero attached hydrogens (tertiary/aromatic N) is 2. The van der Waals surface area contributed by atoms with Crippen LogP contribution in [0.4, 0.5) is 0 Å². The van der Waals surface area contributed by atoms with Gasteiger partial charge in [0.2, 0.25) is 0 Å². The lowest BCUT2D eigenvalue weighted by Crippen LogP contribution is -2.48. The molecule has 0 radical (unpaired) electrons. The molecule has 0 amide bonds. The molecule has 0 aliphatic carbocycles. The molecule has 0 saturated carbocycles. The molecular formula is C26H31ClN2O5S. The van der Waals surface area contributed by atoms with Gasteiger partial charge in [0.1, 0.15) is 0 Å². The number of halogens is 1. The van der Waals surface area contributed by atoms with Crippen LogP contribution in [-0.4, -0.2) is 77.9 Å². The molecule has 1 atom stereocenters. The van der Waals surface area contributed by atoms with E-state index in [-0.39, 0.29) is 0 Å². The third kappa shape index (κ3) is 8.37. The molecule has 7 nitrogen and oxygen atoms in total. The van der Waals surface area contributed by atoms with Crippen molar-refractivity contribution >= 4 is 35.3 Å². The van der Waals surface area contributed by atoms with Gasteiger partial charge in [0.15, 0.2) is 0 Å². The summed E-state index contributed by atoms with van der Waals surface area (Å²) < 4.78 is 5.52. The minimum Gasteiger partial charge on any atom is -0.478 e. The first-order valence-corrected chi connectivity index (χ1v) is 12.8. The molecule has 0 aromatic heterocycles. The number of piperazine rings is 1. The Labute approximate surface area is 215 Å². The maximum Gasteiger partial charge on any atom is 0.328 e. The van der Waals surface area contributed by atoms with E-state index in [9.17, 15) is 9.59 Å².